The number of amides is 1. The van der Waals surface area contributed by atoms with Crippen LogP contribution in [0.1, 0.15) is 12.8 Å². The summed E-state index contributed by atoms with van der Waals surface area (Å²) in [7, 11) is 0. The summed E-state index contributed by atoms with van der Waals surface area (Å²) in [6.45, 7) is 3.30. The van der Waals surface area contributed by atoms with Crippen LogP contribution < -0.4 is 0 Å². The molecule has 3 rings (SSSR count). The zero-order valence-corrected chi connectivity index (χ0v) is 9.45. The van der Waals surface area contributed by atoms with Crippen LogP contribution in [0.5, 0.6) is 0 Å². The molecule has 3 fully saturated rings. The second-order valence-electron chi connectivity index (χ2n) is 4.89. The molecule has 15 heavy (non-hydrogen) atoms. The van der Waals surface area contributed by atoms with Gasteiger partial charge in [0.15, 0.2) is 0 Å². The van der Waals surface area contributed by atoms with Gasteiger partial charge < -0.3 is 9.64 Å². The smallest absolute Gasteiger partial charge is 0.226 e. The van der Waals surface area contributed by atoms with Gasteiger partial charge >= 0.3 is 0 Å². The van der Waals surface area contributed by atoms with E-state index >= 15 is 0 Å². The van der Waals surface area contributed by atoms with Crippen molar-refractivity contribution in [2.45, 2.75) is 18.2 Å². The van der Waals surface area contributed by atoms with Crippen LogP contribution >= 0.6 is 11.6 Å². The van der Waals surface area contributed by atoms with Crippen molar-refractivity contribution in [1.29, 1.82) is 0 Å². The van der Waals surface area contributed by atoms with Crippen LogP contribution in [0.2, 0.25) is 0 Å². The van der Waals surface area contributed by atoms with E-state index in [1.807, 2.05) is 4.90 Å². The van der Waals surface area contributed by atoms with E-state index in [9.17, 15) is 4.79 Å². The molecular formula is C11H16ClNO2. The maximum Gasteiger partial charge on any atom is 0.226 e. The van der Waals surface area contributed by atoms with Crippen molar-refractivity contribution in [2.24, 2.45) is 17.8 Å². The summed E-state index contributed by atoms with van der Waals surface area (Å²) >= 11 is 6.02. The van der Waals surface area contributed by atoms with Gasteiger partial charge in [0.05, 0.1) is 13.2 Å². The molecule has 1 saturated carbocycles. The van der Waals surface area contributed by atoms with Crippen LogP contribution in [-0.4, -0.2) is 42.5 Å². The molecule has 3 aliphatic rings. The highest BCUT2D eigenvalue weighted by Gasteiger charge is 2.58. The summed E-state index contributed by atoms with van der Waals surface area (Å²) in [5, 5.41) is 0.274. The van der Waals surface area contributed by atoms with Gasteiger partial charge in [0, 0.05) is 24.4 Å². The number of piperidine rings is 1. The monoisotopic (exact) mass is 229 g/mol. The van der Waals surface area contributed by atoms with E-state index in [0.717, 1.165) is 39.1 Å². The lowest BCUT2D eigenvalue weighted by Gasteiger charge is -2.29. The van der Waals surface area contributed by atoms with Crippen molar-refractivity contribution < 1.29 is 9.53 Å². The number of fused-ring (bicyclic) bond motifs is 1. The molecule has 0 aromatic rings. The average molecular weight is 230 g/mol. The van der Waals surface area contributed by atoms with Crippen LogP contribution in [0.15, 0.2) is 0 Å². The number of ether oxygens (including phenoxy) is 1. The molecule has 2 atom stereocenters. The summed E-state index contributed by atoms with van der Waals surface area (Å²) in [4.78, 5) is 14.1. The fraction of sp³-hybridized carbons (Fsp3) is 0.909. The third kappa shape index (κ3) is 1.66. The number of hydrogen-bond acceptors (Lipinski definition) is 2. The van der Waals surface area contributed by atoms with E-state index in [1.165, 1.54) is 0 Å². The van der Waals surface area contributed by atoms with E-state index < -0.39 is 0 Å². The Kier molecular flexibility index (Phi) is 2.40. The normalized spacial score (nSPS) is 40.3. The largest absolute Gasteiger partial charge is 0.381 e. The molecule has 0 bridgehead atoms. The molecule has 0 N–H and O–H groups in total. The highest BCUT2D eigenvalue weighted by Crippen LogP contribution is 2.51. The van der Waals surface area contributed by atoms with Gasteiger partial charge in [-0.2, -0.15) is 0 Å². The standard InChI is InChI=1S/C11H16ClNO2/c12-7-1-3-13(4-2-7)11(14)10-8-5-15-6-9(8)10/h7-10H,1-6H2. The Morgan fingerprint density at radius 1 is 1.20 bits per heavy atom. The van der Waals surface area contributed by atoms with Crippen molar-refractivity contribution in [1.82, 2.24) is 4.90 Å². The highest BCUT2D eigenvalue weighted by atomic mass is 35.5. The second-order valence-corrected chi connectivity index (χ2v) is 5.51. The highest BCUT2D eigenvalue weighted by molar-refractivity contribution is 6.20. The zero-order chi connectivity index (χ0) is 10.4. The summed E-state index contributed by atoms with van der Waals surface area (Å²) < 4.78 is 5.30. The van der Waals surface area contributed by atoms with Gasteiger partial charge in [0.2, 0.25) is 5.91 Å². The second kappa shape index (κ2) is 3.63. The SMILES string of the molecule is O=C(C1C2COCC21)N1CCC(Cl)CC1. The number of likely N-dealkylation sites (tertiary alicyclic amines) is 1. The van der Waals surface area contributed by atoms with E-state index in [1.54, 1.807) is 0 Å². The van der Waals surface area contributed by atoms with Gasteiger partial charge in [-0.05, 0) is 24.7 Å². The molecule has 2 saturated heterocycles. The molecule has 4 heteroatoms. The molecule has 2 unspecified atom stereocenters. The van der Waals surface area contributed by atoms with E-state index in [-0.39, 0.29) is 11.3 Å². The predicted octanol–water partition coefficient (Wildman–Crippen LogP) is 1.11. The third-order valence-corrected chi connectivity index (χ3v) is 4.41. The molecule has 3 nitrogen and oxygen atoms in total. The zero-order valence-electron chi connectivity index (χ0n) is 8.69. The van der Waals surface area contributed by atoms with Crippen LogP contribution in [0, 0.1) is 17.8 Å². The van der Waals surface area contributed by atoms with Gasteiger partial charge in [-0.1, -0.05) is 0 Å². The minimum Gasteiger partial charge on any atom is -0.381 e. The Morgan fingerprint density at radius 3 is 2.40 bits per heavy atom. The van der Waals surface area contributed by atoms with Gasteiger partial charge in [-0.25, -0.2) is 0 Å². The quantitative estimate of drug-likeness (QED) is 0.631. The van der Waals surface area contributed by atoms with Crippen molar-refractivity contribution in [3.8, 4) is 0 Å². The molecule has 0 radical (unpaired) electrons. The number of alkyl halides is 1. The average Bonchev–Trinajstić information content (AvgIpc) is 2.72. The Bertz CT molecular complexity index is 266. The van der Waals surface area contributed by atoms with Crippen LogP contribution in [-0.2, 0) is 9.53 Å². The Balaban J connectivity index is 1.57. The molecule has 0 spiro atoms. The first-order valence-electron chi connectivity index (χ1n) is 5.78. The third-order valence-electron chi connectivity index (χ3n) is 3.97. The maximum absolute atomic E-state index is 12.1. The van der Waals surface area contributed by atoms with Crippen molar-refractivity contribution >= 4 is 17.5 Å². The van der Waals surface area contributed by atoms with Crippen molar-refractivity contribution in [3.63, 3.8) is 0 Å². The predicted molar refractivity (Wildman–Crippen MR) is 56.7 cm³/mol. The lowest BCUT2D eigenvalue weighted by molar-refractivity contribution is -0.134. The topological polar surface area (TPSA) is 29.5 Å². The number of rotatable bonds is 1. The van der Waals surface area contributed by atoms with Gasteiger partial charge in [0.25, 0.3) is 0 Å². The van der Waals surface area contributed by atoms with Gasteiger partial charge in [-0.15, -0.1) is 11.6 Å². The number of halogens is 1. The summed E-state index contributed by atoms with van der Waals surface area (Å²) in [6.07, 6.45) is 1.90. The first-order valence-corrected chi connectivity index (χ1v) is 6.21. The Morgan fingerprint density at radius 2 is 1.80 bits per heavy atom. The molecule has 0 aromatic heterocycles. The molecule has 1 aliphatic carbocycles. The minimum atomic E-state index is 0.274. The summed E-state index contributed by atoms with van der Waals surface area (Å²) in [6, 6.07) is 0. The van der Waals surface area contributed by atoms with Gasteiger partial charge in [0.1, 0.15) is 0 Å². The number of nitrogens with zero attached hydrogens (tertiary/aromatic N) is 1. The summed E-state index contributed by atoms with van der Waals surface area (Å²) in [5.74, 6) is 1.71. The van der Waals surface area contributed by atoms with E-state index in [2.05, 4.69) is 0 Å². The molecular weight excluding hydrogens is 214 g/mol. The van der Waals surface area contributed by atoms with E-state index in [4.69, 9.17) is 16.3 Å². The van der Waals surface area contributed by atoms with Crippen LogP contribution in [0.25, 0.3) is 0 Å². The maximum atomic E-state index is 12.1. The first kappa shape index (κ1) is 9.91. The van der Waals surface area contributed by atoms with E-state index in [0.29, 0.717) is 17.7 Å². The van der Waals surface area contributed by atoms with Crippen molar-refractivity contribution in [3.05, 3.63) is 0 Å². The first-order chi connectivity index (χ1) is 7.27. The van der Waals surface area contributed by atoms with Crippen LogP contribution in [0.3, 0.4) is 0 Å². The number of carbonyl (C=O) groups excluding carboxylic acids is 1. The molecule has 2 aliphatic heterocycles. The molecule has 2 heterocycles. The van der Waals surface area contributed by atoms with Crippen LogP contribution in [0.4, 0.5) is 0 Å². The van der Waals surface area contributed by atoms with Gasteiger partial charge in [-0.3, -0.25) is 4.79 Å². The molecule has 1 amide bonds. The number of carbonyl (C=O) groups is 1. The number of hydrogen-bond donors (Lipinski definition) is 0. The molecule has 0 aromatic carbocycles. The Hall–Kier alpha value is -0.280. The Labute approximate surface area is 94.7 Å². The fourth-order valence-corrected chi connectivity index (χ4v) is 3.08. The summed E-state index contributed by atoms with van der Waals surface area (Å²) in [5.41, 5.74) is 0. The minimum absolute atomic E-state index is 0.274. The lowest BCUT2D eigenvalue weighted by Crippen LogP contribution is -2.40. The molecule has 84 valence electrons. The fourth-order valence-electron chi connectivity index (χ4n) is 2.89. The lowest BCUT2D eigenvalue weighted by atomic mass is 10.1. The van der Waals surface area contributed by atoms with Crippen molar-refractivity contribution in [2.75, 3.05) is 26.3 Å².